The zero-order valence-corrected chi connectivity index (χ0v) is 12.2. The van der Waals surface area contributed by atoms with Crippen molar-refractivity contribution in [3.8, 4) is 0 Å². The second-order valence-electron chi connectivity index (χ2n) is 4.79. The molecule has 0 aliphatic carbocycles. The molecule has 0 radical (unpaired) electrons. The number of nitrogens with one attached hydrogen (secondary N) is 1. The van der Waals surface area contributed by atoms with Gasteiger partial charge in [-0.2, -0.15) is 0 Å². The first-order valence-corrected chi connectivity index (χ1v) is 7.85. The predicted octanol–water partition coefficient (Wildman–Crippen LogP) is 2.13. The van der Waals surface area contributed by atoms with Crippen molar-refractivity contribution in [2.45, 2.75) is 10.9 Å². The van der Waals surface area contributed by atoms with Crippen LogP contribution in [-0.2, 0) is 10.0 Å². The third-order valence-corrected chi connectivity index (χ3v) is 5.59. The van der Waals surface area contributed by atoms with E-state index < -0.39 is 10.0 Å². The summed E-state index contributed by atoms with van der Waals surface area (Å²) in [4.78, 5) is 0.359. The molecule has 0 fully saturated rings. The Kier molecular flexibility index (Phi) is 3.03. The Labute approximate surface area is 119 Å². The van der Waals surface area contributed by atoms with E-state index in [1.807, 2.05) is 43.4 Å². The van der Waals surface area contributed by atoms with Gasteiger partial charge in [0.25, 0.3) is 10.0 Å². The standard InChI is InChI=1S/C15H16N2O2S/c1-16-15-11-7-3-5-9-13(11)17(2)20(18,19)14-10-6-4-8-12(14)15/h3-10,15-16H,1-2H3. The fraction of sp³-hybridized carbons (Fsp3) is 0.200. The number of para-hydroxylation sites is 1. The monoisotopic (exact) mass is 288 g/mol. The third kappa shape index (κ3) is 1.74. The van der Waals surface area contributed by atoms with Gasteiger partial charge in [0.1, 0.15) is 0 Å². The van der Waals surface area contributed by atoms with Crippen molar-refractivity contribution in [1.82, 2.24) is 5.32 Å². The van der Waals surface area contributed by atoms with Gasteiger partial charge in [-0.1, -0.05) is 36.4 Å². The molecule has 104 valence electrons. The molecule has 4 nitrogen and oxygen atoms in total. The normalized spacial score (nSPS) is 19.9. The van der Waals surface area contributed by atoms with E-state index in [4.69, 9.17) is 0 Å². The molecule has 3 rings (SSSR count). The smallest absolute Gasteiger partial charge is 0.264 e. The molecule has 2 aromatic carbocycles. The van der Waals surface area contributed by atoms with Crippen molar-refractivity contribution in [1.29, 1.82) is 0 Å². The number of benzene rings is 2. The predicted molar refractivity (Wildman–Crippen MR) is 79.4 cm³/mol. The fourth-order valence-electron chi connectivity index (χ4n) is 2.73. The maximum absolute atomic E-state index is 12.7. The highest BCUT2D eigenvalue weighted by Crippen LogP contribution is 2.39. The molecule has 1 atom stereocenters. The lowest BCUT2D eigenvalue weighted by Gasteiger charge is -2.20. The van der Waals surface area contributed by atoms with Crippen LogP contribution in [0.5, 0.6) is 0 Å². The topological polar surface area (TPSA) is 49.4 Å². The van der Waals surface area contributed by atoms with E-state index in [0.717, 1.165) is 11.1 Å². The summed E-state index contributed by atoms with van der Waals surface area (Å²) < 4.78 is 26.9. The van der Waals surface area contributed by atoms with E-state index in [1.54, 1.807) is 19.2 Å². The van der Waals surface area contributed by atoms with Gasteiger partial charge in [-0.3, -0.25) is 4.31 Å². The van der Waals surface area contributed by atoms with Gasteiger partial charge < -0.3 is 5.32 Å². The maximum atomic E-state index is 12.7. The minimum atomic E-state index is -3.52. The molecule has 0 saturated carbocycles. The van der Waals surface area contributed by atoms with Crippen LogP contribution >= 0.6 is 0 Å². The van der Waals surface area contributed by atoms with Gasteiger partial charge in [0, 0.05) is 7.05 Å². The van der Waals surface area contributed by atoms with Crippen molar-refractivity contribution in [2.24, 2.45) is 0 Å². The maximum Gasteiger partial charge on any atom is 0.264 e. The molecule has 0 amide bonds. The molecule has 1 aliphatic rings. The van der Waals surface area contributed by atoms with E-state index in [9.17, 15) is 8.42 Å². The zero-order valence-electron chi connectivity index (χ0n) is 11.4. The van der Waals surface area contributed by atoms with Crippen LogP contribution in [0.4, 0.5) is 5.69 Å². The molecule has 1 N–H and O–H groups in total. The number of nitrogens with zero attached hydrogens (tertiary/aromatic N) is 1. The first-order chi connectivity index (χ1) is 9.57. The summed E-state index contributed by atoms with van der Waals surface area (Å²) in [5, 5.41) is 3.22. The van der Waals surface area contributed by atoms with Gasteiger partial charge in [0.15, 0.2) is 0 Å². The van der Waals surface area contributed by atoms with E-state index >= 15 is 0 Å². The molecule has 0 aromatic heterocycles. The van der Waals surface area contributed by atoms with Gasteiger partial charge in [0.2, 0.25) is 0 Å². The SMILES string of the molecule is CNC1c2ccccc2N(C)S(=O)(=O)c2ccccc21. The number of hydrogen-bond donors (Lipinski definition) is 1. The first kappa shape index (κ1) is 13.1. The Morgan fingerprint density at radius 3 is 2.30 bits per heavy atom. The summed E-state index contributed by atoms with van der Waals surface area (Å²) in [6, 6.07) is 14.6. The second kappa shape index (κ2) is 4.61. The highest BCUT2D eigenvalue weighted by atomic mass is 32.2. The van der Waals surface area contributed by atoms with E-state index in [2.05, 4.69) is 5.32 Å². The average Bonchev–Trinajstić information content (AvgIpc) is 2.54. The Morgan fingerprint density at radius 2 is 1.60 bits per heavy atom. The summed E-state index contributed by atoms with van der Waals surface area (Å²) in [6.07, 6.45) is 0. The molecule has 20 heavy (non-hydrogen) atoms. The van der Waals surface area contributed by atoms with Gasteiger partial charge >= 0.3 is 0 Å². The van der Waals surface area contributed by atoms with Crippen LogP contribution in [-0.4, -0.2) is 22.5 Å². The Bertz CT molecular complexity index is 756. The number of sulfonamides is 1. The molecule has 0 bridgehead atoms. The van der Waals surface area contributed by atoms with Crippen LogP contribution in [0.3, 0.4) is 0 Å². The number of anilines is 1. The van der Waals surface area contributed by atoms with Gasteiger partial charge in [-0.25, -0.2) is 8.42 Å². The molecular formula is C15H16N2O2S. The molecule has 1 heterocycles. The van der Waals surface area contributed by atoms with E-state index in [1.165, 1.54) is 4.31 Å². The summed E-state index contributed by atoms with van der Waals surface area (Å²) in [7, 11) is -0.0767. The summed E-state index contributed by atoms with van der Waals surface area (Å²) >= 11 is 0. The first-order valence-electron chi connectivity index (χ1n) is 6.41. The lowest BCUT2D eigenvalue weighted by atomic mass is 9.97. The third-order valence-electron chi connectivity index (χ3n) is 3.74. The molecule has 1 unspecified atom stereocenters. The summed E-state index contributed by atoms with van der Waals surface area (Å²) in [6.45, 7) is 0. The van der Waals surface area contributed by atoms with E-state index in [0.29, 0.717) is 10.6 Å². The Morgan fingerprint density at radius 1 is 1.00 bits per heavy atom. The van der Waals surface area contributed by atoms with Crippen LogP contribution in [0.1, 0.15) is 17.2 Å². The minimum absolute atomic E-state index is 0.137. The average molecular weight is 288 g/mol. The number of hydrogen-bond acceptors (Lipinski definition) is 3. The van der Waals surface area contributed by atoms with Gasteiger partial charge in [-0.15, -0.1) is 0 Å². The van der Waals surface area contributed by atoms with Crippen LogP contribution in [0.25, 0.3) is 0 Å². The van der Waals surface area contributed by atoms with Crippen molar-refractivity contribution < 1.29 is 8.42 Å². The van der Waals surface area contributed by atoms with Crippen molar-refractivity contribution in [3.05, 3.63) is 59.7 Å². The Balaban J connectivity index is 2.41. The van der Waals surface area contributed by atoms with Gasteiger partial charge in [-0.05, 0) is 30.3 Å². The van der Waals surface area contributed by atoms with Crippen LogP contribution in [0.15, 0.2) is 53.4 Å². The molecule has 0 spiro atoms. The van der Waals surface area contributed by atoms with Crippen LogP contribution < -0.4 is 9.62 Å². The van der Waals surface area contributed by atoms with Crippen LogP contribution in [0.2, 0.25) is 0 Å². The molecule has 5 heteroatoms. The molecule has 1 aliphatic heterocycles. The van der Waals surface area contributed by atoms with Crippen LogP contribution in [0, 0.1) is 0 Å². The van der Waals surface area contributed by atoms with Crippen molar-refractivity contribution in [3.63, 3.8) is 0 Å². The zero-order chi connectivity index (χ0) is 14.3. The largest absolute Gasteiger partial charge is 0.309 e. The molecule has 0 saturated heterocycles. The lowest BCUT2D eigenvalue weighted by molar-refractivity contribution is 0.592. The van der Waals surface area contributed by atoms with Gasteiger partial charge in [0.05, 0.1) is 16.6 Å². The second-order valence-corrected chi connectivity index (χ2v) is 6.73. The molecule has 2 aromatic rings. The summed E-state index contributed by atoms with van der Waals surface area (Å²) in [5.41, 5.74) is 2.46. The highest BCUT2D eigenvalue weighted by molar-refractivity contribution is 7.92. The molecular weight excluding hydrogens is 272 g/mol. The number of rotatable bonds is 1. The van der Waals surface area contributed by atoms with Crippen molar-refractivity contribution in [2.75, 3.05) is 18.4 Å². The Hall–Kier alpha value is -1.85. The summed E-state index contributed by atoms with van der Waals surface area (Å²) in [5.74, 6) is 0. The number of fused-ring (bicyclic) bond motifs is 2. The minimum Gasteiger partial charge on any atom is -0.309 e. The quantitative estimate of drug-likeness (QED) is 0.874. The highest BCUT2D eigenvalue weighted by Gasteiger charge is 2.33. The van der Waals surface area contributed by atoms with Crippen molar-refractivity contribution >= 4 is 15.7 Å². The van der Waals surface area contributed by atoms with E-state index in [-0.39, 0.29) is 6.04 Å². The lowest BCUT2D eigenvalue weighted by Crippen LogP contribution is -2.26. The fourth-order valence-corrected chi connectivity index (χ4v) is 4.18.